The molecule has 0 saturated heterocycles. The summed E-state index contributed by atoms with van der Waals surface area (Å²) in [6, 6.07) is 12.0. The third-order valence-corrected chi connectivity index (χ3v) is 2.61. The number of aryl methyl sites for hydroxylation is 1. The van der Waals surface area contributed by atoms with Crippen LogP contribution in [-0.4, -0.2) is 15.9 Å². The predicted molar refractivity (Wildman–Crippen MR) is 66.9 cm³/mol. The smallest absolute Gasteiger partial charge is 0.128 e. The van der Waals surface area contributed by atoms with Crippen molar-refractivity contribution in [3.05, 3.63) is 59.2 Å². The van der Waals surface area contributed by atoms with E-state index >= 15 is 0 Å². The van der Waals surface area contributed by atoms with Crippen molar-refractivity contribution in [2.45, 2.75) is 6.92 Å². The van der Waals surface area contributed by atoms with Gasteiger partial charge in [-0.2, -0.15) is 0 Å². The van der Waals surface area contributed by atoms with Crippen LogP contribution < -0.4 is 0 Å². The van der Waals surface area contributed by atoms with Crippen LogP contribution >= 0.6 is 0 Å². The minimum absolute atomic E-state index is 0.00427. The lowest BCUT2D eigenvalue weighted by Gasteiger charge is -2.10. The number of phenols is 2. The van der Waals surface area contributed by atoms with E-state index in [1.807, 2.05) is 30.3 Å². The largest absolute Gasteiger partial charge is 0.508 e. The van der Waals surface area contributed by atoms with Gasteiger partial charge in [0.05, 0.1) is 5.71 Å². The summed E-state index contributed by atoms with van der Waals surface area (Å²) in [5, 5.41) is 27.2. The van der Waals surface area contributed by atoms with Crippen LogP contribution in [0.1, 0.15) is 16.7 Å². The number of phenolic OH excluding ortho intramolecular Hbond substituents is 2. The summed E-state index contributed by atoms with van der Waals surface area (Å²) in [5.41, 5.74) is 2.11. The van der Waals surface area contributed by atoms with Gasteiger partial charge in [-0.1, -0.05) is 30.3 Å². The summed E-state index contributed by atoms with van der Waals surface area (Å²) in [7, 11) is 0. The normalized spacial score (nSPS) is 10.2. The van der Waals surface area contributed by atoms with Crippen LogP contribution in [-0.2, 0) is 0 Å². The molecule has 0 spiro atoms. The third-order valence-electron chi connectivity index (χ3n) is 2.61. The number of hydrogen-bond donors (Lipinski definition) is 3. The van der Waals surface area contributed by atoms with E-state index in [1.54, 1.807) is 6.92 Å². The maximum absolute atomic E-state index is 9.80. The highest BCUT2D eigenvalue weighted by Gasteiger charge is 2.13. The highest BCUT2D eigenvalue weighted by Crippen LogP contribution is 2.28. The highest BCUT2D eigenvalue weighted by molar-refractivity contribution is 6.13. The number of aromatic hydroxyl groups is 2. The number of rotatable bonds is 2. The maximum atomic E-state index is 9.80. The Kier molecular flexibility index (Phi) is 2.83. The summed E-state index contributed by atoms with van der Waals surface area (Å²) in [4.78, 5) is 0. The van der Waals surface area contributed by atoms with Crippen molar-refractivity contribution in [2.75, 3.05) is 0 Å². The van der Waals surface area contributed by atoms with Crippen LogP contribution in [0.4, 0.5) is 0 Å². The zero-order valence-electron chi connectivity index (χ0n) is 9.44. The van der Waals surface area contributed by atoms with Crippen molar-refractivity contribution in [3.8, 4) is 11.5 Å². The first kappa shape index (κ1) is 11.2. The zero-order valence-corrected chi connectivity index (χ0v) is 9.44. The zero-order chi connectivity index (χ0) is 12.4. The quantitative estimate of drug-likeness (QED) is 0.691. The molecule has 0 fully saturated rings. The highest BCUT2D eigenvalue weighted by atomic mass is 16.3. The molecular weight excluding hydrogens is 214 g/mol. The van der Waals surface area contributed by atoms with Crippen molar-refractivity contribution in [1.29, 1.82) is 5.41 Å². The van der Waals surface area contributed by atoms with E-state index < -0.39 is 0 Å². The van der Waals surface area contributed by atoms with E-state index in [0.29, 0.717) is 11.1 Å². The summed E-state index contributed by atoms with van der Waals surface area (Å²) in [6.45, 7) is 1.76. The van der Waals surface area contributed by atoms with Crippen LogP contribution in [0.5, 0.6) is 11.5 Å². The molecule has 0 saturated carbocycles. The van der Waals surface area contributed by atoms with Crippen molar-refractivity contribution < 1.29 is 10.2 Å². The van der Waals surface area contributed by atoms with Crippen LogP contribution in [0.3, 0.4) is 0 Å². The molecule has 3 heteroatoms. The standard InChI is InChI=1S/C14H13NO2/c1-9-7-11(16)8-12(17)13(9)14(15)10-5-3-2-4-6-10/h2-8,15-17H,1H3. The summed E-state index contributed by atoms with van der Waals surface area (Å²) >= 11 is 0. The van der Waals surface area contributed by atoms with Crippen LogP contribution in [0.25, 0.3) is 0 Å². The molecule has 0 aliphatic heterocycles. The summed E-state index contributed by atoms with van der Waals surface area (Å²) in [6.07, 6.45) is 0. The number of hydrogen-bond acceptors (Lipinski definition) is 3. The molecule has 0 aliphatic rings. The van der Waals surface area contributed by atoms with Gasteiger partial charge < -0.3 is 10.2 Å². The lowest BCUT2D eigenvalue weighted by molar-refractivity contribution is 0.449. The Hall–Kier alpha value is -2.29. The van der Waals surface area contributed by atoms with Crippen LogP contribution in [0.2, 0.25) is 0 Å². The molecule has 2 aromatic rings. The minimum atomic E-state index is -0.0728. The molecule has 0 radical (unpaired) electrons. The monoisotopic (exact) mass is 227 g/mol. The van der Waals surface area contributed by atoms with Gasteiger partial charge in [-0.15, -0.1) is 0 Å². The minimum Gasteiger partial charge on any atom is -0.508 e. The molecule has 0 aliphatic carbocycles. The lowest BCUT2D eigenvalue weighted by Crippen LogP contribution is -2.03. The first-order valence-corrected chi connectivity index (χ1v) is 5.26. The van der Waals surface area contributed by atoms with Crippen molar-refractivity contribution in [2.24, 2.45) is 0 Å². The molecule has 0 bridgehead atoms. The van der Waals surface area contributed by atoms with Gasteiger partial charge in [0.1, 0.15) is 11.5 Å². The fourth-order valence-corrected chi connectivity index (χ4v) is 1.82. The summed E-state index contributed by atoms with van der Waals surface area (Å²) < 4.78 is 0. The van der Waals surface area contributed by atoms with Crippen molar-refractivity contribution in [1.82, 2.24) is 0 Å². The van der Waals surface area contributed by atoms with Gasteiger partial charge in [0.15, 0.2) is 0 Å². The van der Waals surface area contributed by atoms with E-state index in [2.05, 4.69) is 0 Å². The van der Waals surface area contributed by atoms with E-state index in [1.165, 1.54) is 12.1 Å². The molecule has 0 amide bonds. The Morgan fingerprint density at radius 2 is 1.71 bits per heavy atom. The summed E-state index contributed by atoms with van der Waals surface area (Å²) in [5.74, 6) is -0.0686. The number of benzene rings is 2. The van der Waals surface area contributed by atoms with Gasteiger partial charge in [0, 0.05) is 17.2 Å². The molecule has 3 nitrogen and oxygen atoms in total. The van der Waals surface area contributed by atoms with Gasteiger partial charge >= 0.3 is 0 Å². The predicted octanol–water partition coefficient (Wildman–Crippen LogP) is 2.82. The first-order chi connectivity index (χ1) is 8.09. The molecule has 2 rings (SSSR count). The van der Waals surface area contributed by atoms with Gasteiger partial charge in [-0.05, 0) is 18.6 Å². The molecule has 17 heavy (non-hydrogen) atoms. The molecule has 0 aromatic heterocycles. The molecule has 0 unspecified atom stereocenters. The SMILES string of the molecule is Cc1cc(O)cc(O)c1C(=N)c1ccccc1. The lowest BCUT2D eigenvalue weighted by atomic mass is 9.97. The molecule has 86 valence electrons. The Morgan fingerprint density at radius 1 is 1.06 bits per heavy atom. The number of nitrogens with one attached hydrogen (secondary N) is 1. The molecule has 3 N–H and O–H groups in total. The average Bonchev–Trinajstić information content (AvgIpc) is 2.28. The van der Waals surface area contributed by atoms with Crippen molar-refractivity contribution in [3.63, 3.8) is 0 Å². The van der Waals surface area contributed by atoms with Crippen LogP contribution in [0.15, 0.2) is 42.5 Å². The molecule has 0 atom stereocenters. The molecule has 2 aromatic carbocycles. The second kappa shape index (κ2) is 4.29. The van der Waals surface area contributed by atoms with E-state index in [0.717, 1.165) is 5.56 Å². The Bertz CT molecular complexity index is 539. The first-order valence-electron chi connectivity index (χ1n) is 5.26. The van der Waals surface area contributed by atoms with E-state index in [-0.39, 0.29) is 17.2 Å². The maximum Gasteiger partial charge on any atom is 0.128 e. The fourth-order valence-electron chi connectivity index (χ4n) is 1.82. The molecular formula is C14H13NO2. The Morgan fingerprint density at radius 3 is 2.29 bits per heavy atom. The Balaban J connectivity index is 2.52. The third kappa shape index (κ3) is 2.13. The van der Waals surface area contributed by atoms with Crippen molar-refractivity contribution >= 4 is 5.71 Å². The average molecular weight is 227 g/mol. The van der Waals surface area contributed by atoms with E-state index in [9.17, 15) is 10.2 Å². The van der Waals surface area contributed by atoms with Gasteiger partial charge in [-0.25, -0.2) is 0 Å². The van der Waals surface area contributed by atoms with Gasteiger partial charge in [0.2, 0.25) is 0 Å². The van der Waals surface area contributed by atoms with Gasteiger partial charge in [0.25, 0.3) is 0 Å². The van der Waals surface area contributed by atoms with Crippen LogP contribution in [0, 0.1) is 12.3 Å². The topological polar surface area (TPSA) is 64.3 Å². The Labute approximate surface area is 99.5 Å². The second-order valence-electron chi connectivity index (χ2n) is 3.90. The molecule has 0 heterocycles. The van der Waals surface area contributed by atoms with Gasteiger partial charge in [-0.3, -0.25) is 5.41 Å². The second-order valence-corrected chi connectivity index (χ2v) is 3.90. The van der Waals surface area contributed by atoms with E-state index in [4.69, 9.17) is 5.41 Å². The fraction of sp³-hybridized carbons (Fsp3) is 0.0714.